The minimum atomic E-state index is 0.678. The molecule has 0 aromatic carbocycles. The quantitative estimate of drug-likeness (QED) is 0.735. The Morgan fingerprint density at radius 2 is 2.13 bits per heavy atom. The normalized spacial score (nSPS) is 29.0. The monoisotopic (exact) mass is 230 g/mol. The second kappa shape index (κ2) is 7.53. The largest absolute Gasteiger partial charge is 0.330 e. The van der Waals surface area contributed by atoms with Crippen molar-refractivity contribution >= 4 is 11.8 Å². The zero-order chi connectivity index (χ0) is 11.1. The summed E-state index contributed by atoms with van der Waals surface area (Å²) in [5.74, 6) is 1.94. The molecule has 0 aromatic rings. The number of hydrogen-bond donors (Lipinski definition) is 2. The van der Waals surface area contributed by atoms with Gasteiger partial charge in [0.15, 0.2) is 0 Å². The van der Waals surface area contributed by atoms with E-state index in [2.05, 4.69) is 18.5 Å². The van der Waals surface area contributed by atoms with E-state index in [1.54, 1.807) is 0 Å². The number of nitrogens with one attached hydrogen (secondary N) is 1. The van der Waals surface area contributed by atoms with E-state index in [1.165, 1.54) is 37.9 Å². The lowest BCUT2D eigenvalue weighted by Gasteiger charge is -2.34. The Bertz CT molecular complexity index is 164. The molecule has 3 N–H and O–H groups in total. The number of nitrogens with two attached hydrogens (primary N) is 1. The average molecular weight is 230 g/mol. The molecule has 0 heterocycles. The van der Waals surface area contributed by atoms with Crippen molar-refractivity contribution in [3.63, 3.8) is 0 Å². The molecule has 3 heteroatoms. The molecule has 1 rings (SSSR count). The van der Waals surface area contributed by atoms with Crippen LogP contribution in [0.15, 0.2) is 0 Å². The zero-order valence-electron chi connectivity index (χ0n) is 10.2. The Hall–Kier alpha value is 0.270. The van der Waals surface area contributed by atoms with Crippen molar-refractivity contribution in [3.05, 3.63) is 0 Å². The van der Waals surface area contributed by atoms with Crippen molar-refractivity contribution < 1.29 is 0 Å². The maximum atomic E-state index is 5.84. The van der Waals surface area contributed by atoms with E-state index in [0.717, 1.165) is 12.5 Å². The van der Waals surface area contributed by atoms with Gasteiger partial charge in [-0.05, 0) is 38.0 Å². The molecular weight excluding hydrogens is 204 g/mol. The molecule has 3 unspecified atom stereocenters. The first-order chi connectivity index (χ1) is 7.31. The van der Waals surface area contributed by atoms with Gasteiger partial charge in [0.25, 0.3) is 0 Å². The van der Waals surface area contributed by atoms with E-state index in [0.29, 0.717) is 12.1 Å². The molecule has 90 valence electrons. The van der Waals surface area contributed by atoms with Crippen LogP contribution in [-0.4, -0.2) is 30.6 Å². The van der Waals surface area contributed by atoms with Crippen LogP contribution in [0.3, 0.4) is 0 Å². The molecule has 0 aromatic heterocycles. The first-order valence-corrected chi connectivity index (χ1v) is 7.66. The third-order valence-corrected chi connectivity index (χ3v) is 4.26. The summed E-state index contributed by atoms with van der Waals surface area (Å²) in [7, 11) is 0. The molecule has 0 spiro atoms. The van der Waals surface area contributed by atoms with Crippen LogP contribution < -0.4 is 11.1 Å². The van der Waals surface area contributed by atoms with E-state index in [4.69, 9.17) is 5.73 Å². The van der Waals surface area contributed by atoms with Crippen LogP contribution in [0, 0.1) is 5.92 Å². The Kier molecular flexibility index (Phi) is 6.69. The predicted octanol–water partition coefficient (Wildman–Crippen LogP) is 2.24. The standard InChI is InChI=1S/C12H26N2S/c1-3-11(9-15-2)14-12-7-5-4-6-10(12)8-13/h10-12,14H,3-9,13H2,1-2H3. The van der Waals surface area contributed by atoms with Crippen molar-refractivity contribution in [3.8, 4) is 0 Å². The lowest BCUT2D eigenvalue weighted by molar-refractivity contribution is 0.251. The highest BCUT2D eigenvalue weighted by Crippen LogP contribution is 2.24. The highest BCUT2D eigenvalue weighted by molar-refractivity contribution is 7.98. The predicted molar refractivity (Wildman–Crippen MR) is 70.4 cm³/mol. The molecule has 0 radical (unpaired) electrons. The van der Waals surface area contributed by atoms with Gasteiger partial charge in [0, 0.05) is 17.8 Å². The first kappa shape index (κ1) is 13.3. The van der Waals surface area contributed by atoms with Gasteiger partial charge in [0.05, 0.1) is 0 Å². The summed E-state index contributed by atoms with van der Waals surface area (Å²) in [6, 6.07) is 1.36. The fraction of sp³-hybridized carbons (Fsp3) is 1.00. The molecular formula is C12H26N2S. The molecule has 0 amide bonds. The van der Waals surface area contributed by atoms with Gasteiger partial charge in [-0.3, -0.25) is 0 Å². The van der Waals surface area contributed by atoms with Gasteiger partial charge in [0.2, 0.25) is 0 Å². The van der Waals surface area contributed by atoms with E-state index in [-0.39, 0.29) is 0 Å². The van der Waals surface area contributed by atoms with Crippen LogP contribution in [0.5, 0.6) is 0 Å². The van der Waals surface area contributed by atoms with Crippen molar-refractivity contribution in [2.45, 2.75) is 51.1 Å². The summed E-state index contributed by atoms with van der Waals surface area (Å²) >= 11 is 1.94. The molecule has 1 fully saturated rings. The Morgan fingerprint density at radius 1 is 1.40 bits per heavy atom. The minimum Gasteiger partial charge on any atom is -0.330 e. The highest BCUT2D eigenvalue weighted by Gasteiger charge is 2.25. The van der Waals surface area contributed by atoms with Gasteiger partial charge in [-0.2, -0.15) is 11.8 Å². The summed E-state index contributed by atoms with van der Waals surface area (Å²) in [6.07, 6.45) is 8.82. The average Bonchev–Trinajstić information content (AvgIpc) is 2.29. The molecule has 2 nitrogen and oxygen atoms in total. The van der Waals surface area contributed by atoms with E-state index < -0.39 is 0 Å². The van der Waals surface area contributed by atoms with Gasteiger partial charge < -0.3 is 11.1 Å². The van der Waals surface area contributed by atoms with Crippen molar-refractivity contribution in [1.82, 2.24) is 5.32 Å². The summed E-state index contributed by atoms with van der Waals surface area (Å²) in [5.41, 5.74) is 5.84. The summed E-state index contributed by atoms with van der Waals surface area (Å²) in [5, 5.41) is 3.81. The molecule has 3 atom stereocenters. The van der Waals surface area contributed by atoms with E-state index in [1.807, 2.05) is 11.8 Å². The third-order valence-electron chi connectivity index (χ3n) is 3.52. The lowest BCUT2D eigenvalue weighted by atomic mass is 9.84. The molecule has 1 saturated carbocycles. The molecule has 15 heavy (non-hydrogen) atoms. The fourth-order valence-corrected chi connectivity index (χ4v) is 3.23. The number of thioether (sulfide) groups is 1. The minimum absolute atomic E-state index is 0.678. The molecule has 1 aliphatic carbocycles. The Labute approximate surface area is 98.8 Å². The SMILES string of the molecule is CCC(CSC)NC1CCCCC1CN. The molecule has 0 saturated heterocycles. The van der Waals surface area contributed by atoms with Crippen LogP contribution in [0.4, 0.5) is 0 Å². The van der Waals surface area contributed by atoms with Gasteiger partial charge in [-0.15, -0.1) is 0 Å². The van der Waals surface area contributed by atoms with Gasteiger partial charge in [-0.25, -0.2) is 0 Å². The zero-order valence-corrected chi connectivity index (χ0v) is 11.0. The first-order valence-electron chi connectivity index (χ1n) is 6.26. The maximum absolute atomic E-state index is 5.84. The topological polar surface area (TPSA) is 38.0 Å². The summed E-state index contributed by atoms with van der Waals surface area (Å²) in [4.78, 5) is 0. The van der Waals surface area contributed by atoms with E-state index in [9.17, 15) is 0 Å². The Morgan fingerprint density at radius 3 is 2.73 bits per heavy atom. The number of rotatable bonds is 6. The van der Waals surface area contributed by atoms with Crippen molar-refractivity contribution in [1.29, 1.82) is 0 Å². The maximum Gasteiger partial charge on any atom is 0.0158 e. The van der Waals surface area contributed by atoms with Crippen LogP contribution in [0.25, 0.3) is 0 Å². The smallest absolute Gasteiger partial charge is 0.0158 e. The Balaban J connectivity index is 2.38. The van der Waals surface area contributed by atoms with Gasteiger partial charge >= 0.3 is 0 Å². The summed E-state index contributed by atoms with van der Waals surface area (Å²) < 4.78 is 0. The molecule has 1 aliphatic rings. The highest BCUT2D eigenvalue weighted by atomic mass is 32.2. The lowest BCUT2D eigenvalue weighted by Crippen LogP contribution is -2.47. The molecule has 0 bridgehead atoms. The third kappa shape index (κ3) is 4.33. The van der Waals surface area contributed by atoms with Crippen LogP contribution in [-0.2, 0) is 0 Å². The fourth-order valence-electron chi connectivity index (χ4n) is 2.50. The second-order valence-corrected chi connectivity index (χ2v) is 5.52. The second-order valence-electron chi connectivity index (χ2n) is 4.61. The van der Waals surface area contributed by atoms with Crippen LogP contribution in [0.2, 0.25) is 0 Å². The van der Waals surface area contributed by atoms with Crippen LogP contribution >= 0.6 is 11.8 Å². The van der Waals surface area contributed by atoms with Crippen LogP contribution in [0.1, 0.15) is 39.0 Å². The summed E-state index contributed by atoms with van der Waals surface area (Å²) in [6.45, 7) is 3.13. The molecule has 0 aliphatic heterocycles. The van der Waals surface area contributed by atoms with Gasteiger partial charge in [0.1, 0.15) is 0 Å². The number of hydrogen-bond acceptors (Lipinski definition) is 3. The van der Waals surface area contributed by atoms with Gasteiger partial charge in [-0.1, -0.05) is 19.8 Å². The van der Waals surface area contributed by atoms with E-state index >= 15 is 0 Å². The van der Waals surface area contributed by atoms with Crippen molar-refractivity contribution in [2.75, 3.05) is 18.6 Å². The van der Waals surface area contributed by atoms with Crippen molar-refractivity contribution in [2.24, 2.45) is 11.7 Å².